The molecule has 1 atom stereocenters. The number of likely N-dealkylation sites (N-methyl/N-ethyl adjacent to an activating group) is 1. The van der Waals surface area contributed by atoms with Gasteiger partial charge in [-0.3, -0.25) is 0 Å². The maximum atomic E-state index is 10.4. The highest BCUT2D eigenvalue weighted by atomic mass is 16.7. The van der Waals surface area contributed by atoms with Crippen molar-refractivity contribution >= 4 is 21.8 Å². The van der Waals surface area contributed by atoms with Crippen LogP contribution in [-0.2, 0) is 0 Å². The Labute approximate surface area is 169 Å². The molecule has 6 heteroatoms. The zero-order chi connectivity index (χ0) is 20.2. The summed E-state index contributed by atoms with van der Waals surface area (Å²) in [5.74, 6) is 1.97. The Morgan fingerprint density at radius 3 is 2.41 bits per heavy atom. The average Bonchev–Trinajstić information content (AvgIpc) is 3.12. The number of hydroxylamine groups is 2. The minimum atomic E-state index is -0.727. The summed E-state index contributed by atoms with van der Waals surface area (Å²) in [6.07, 6.45) is -0.727. The van der Waals surface area contributed by atoms with Crippen LogP contribution in [-0.4, -0.2) is 48.6 Å². The van der Waals surface area contributed by atoms with Crippen LogP contribution in [0, 0.1) is 0 Å². The number of nitrogens with zero attached hydrogens (tertiary/aromatic N) is 1. The Hall–Kier alpha value is -3.22. The number of methoxy groups -OCH3 is 1. The molecule has 0 fully saturated rings. The molecule has 1 heterocycles. The van der Waals surface area contributed by atoms with Crippen LogP contribution in [0.3, 0.4) is 0 Å². The van der Waals surface area contributed by atoms with Gasteiger partial charge in [0.1, 0.15) is 18.5 Å². The number of H-pyrrole nitrogens is 1. The van der Waals surface area contributed by atoms with Crippen molar-refractivity contribution in [2.75, 3.05) is 27.3 Å². The van der Waals surface area contributed by atoms with Crippen LogP contribution in [0.1, 0.15) is 0 Å². The SMILES string of the molecule is COc1ccccc1ON(C)CC(O)COc1cccc2[nH]c3ccccc3c12. The molecule has 1 aromatic heterocycles. The minimum absolute atomic E-state index is 0.151. The minimum Gasteiger partial charge on any atom is -0.493 e. The molecule has 2 N–H and O–H groups in total. The first-order valence-electron chi connectivity index (χ1n) is 9.48. The van der Waals surface area contributed by atoms with Gasteiger partial charge in [-0.05, 0) is 30.3 Å². The van der Waals surface area contributed by atoms with Gasteiger partial charge in [0.15, 0.2) is 11.5 Å². The van der Waals surface area contributed by atoms with Crippen molar-refractivity contribution in [2.45, 2.75) is 6.10 Å². The zero-order valence-corrected chi connectivity index (χ0v) is 16.5. The first-order valence-corrected chi connectivity index (χ1v) is 9.48. The summed E-state index contributed by atoms with van der Waals surface area (Å²) in [5, 5.41) is 14.1. The third kappa shape index (κ3) is 4.13. The Morgan fingerprint density at radius 1 is 0.897 bits per heavy atom. The molecular formula is C23H24N2O4. The van der Waals surface area contributed by atoms with Crippen molar-refractivity contribution in [2.24, 2.45) is 0 Å². The number of nitrogens with one attached hydrogen (secondary N) is 1. The predicted molar refractivity (Wildman–Crippen MR) is 114 cm³/mol. The third-order valence-corrected chi connectivity index (χ3v) is 4.71. The monoisotopic (exact) mass is 392 g/mol. The maximum absolute atomic E-state index is 10.4. The van der Waals surface area contributed by atoms with Crippen molar-refractivity contribution in [1.29, 1.82) is 0 Å². The Balaban J connectivity index is 1.41. The number of aromatic amines is 1. The van der Waals surface area contributed by atoms with E-state index in [4.69, 9.17) is 14.3 Å². The summed E-state index contributed by atoms with van der Waals surface area (Å²) in [4.78, 5) is 9.16. The summed E-state index contributed by atoms with van der Waals surface area (Å²) in [6, 6.07) is 21.4. The molecule has 0 saturated heterocycles. The molecule has 1 unspecified atom stereocenters. The van der Waals surface area contributed by atoms with Crippen LogP contribution in [0.5, 0.6) is 17.2 Å². The molecule has 0 aliphatic heterocycles. The Bertz CT molecular complexity index is 1110. The number of aromatic nitrogens is 1. The van der Waals surface area contributed by atoms with Crippen molar-refractivity contribution < 1.29 is 19.4 Å². The lowest BCUT2D eigenvalue weighted by atomic mass is 10.1. The number of hydrogen-bond acceptors (Lipinski definition) is 5. The first kappa shape index (κ1) is 19.1. The topological polar surface area (TPSA) is 67.0 Å². The number of fused-ring (bicyclic) bond motifs is 3. The van der Waals surface area contributed by atoms with E-state index in [0.717, 1.165) is 27.6 Å². The Kier molecular flexibility index (Phi) is 5.55. The quantitative estimate of drug-likeness (QED) is 0.444. The molecular weight excluding hydrogens is 368 g/mol. The molecule has 0 spiro atoms. The molecule has 0 bridgehead atoms. The lowest BCUT2D eigenvalue weighted by molar-refractivity contribution is -0.0693. The molecule has 150 valence electrons. The fraction of sp³-hybridized carbons (Fsp3) is 0.217. The lowest BCUT2D eigenvalue weighted by Crippen LogP contribution is -2.35. The second-order valence-electron chi connectivity index (χ2n) is 6.87. The summed E-state index contributed by atoms with van der Waals surface area (Å²) < 4.78 is 11.2. The highest BCUT2D eigenvalue weighted by molar-refractivity contribution is 6.10. The second kappa shape index (κ2) is 8.43. The van der Waals surface area contributed by atoms with Gasteiger partial charge in [-0.1, -0.05) is 36.4 Å². The van der Waals surface area contributed by atoms with Gasteiger partial charge in [-0.2, -0.15) is 0 Å². The van der Waals surface area contributed by atoms with Crippen LogP contribution < -0.4 is 14.3 Å². The fourth-order valence-electron chi connectivity index (χ4n) is 3.42. The van der Waals surface area contributed by atoms with E-state index in [1.54, 1.807) is 19.2 Å². The number of aliphatic hydroxyl groups excluding tert-OH is 1. The van der Waals surface area contributed by atoms with Gasteiger partial charge in [-0.15, -0.1) is 5.06 Å². The van der Waals surface area contributed by atoms with Gasteiger partial charge in [0.2, 0.25) is 0 Å². The van der Waals surface area contributed by atoms with Crippen molar-refractivity contribution in [3.8, 4) is 17.2 Å². The van der Waals surface area contributed by atoms with E-state index in [2.05, 4.69) is 11.1 Å². The maximum Gasteiger partial charge on any atom is 0.189 e. The van der Waals surface area contributed by atoms with Gasteiger partial charge in [0.25, 0.3) is 0 Å². The van der Waals surface area contributed by atoms with E-state index >= 15 is 0 Å². The van der Waals surface area contributed by atoms with Gasteiger partial charge < -0.3 is 24.4 Å². The molecule has 0 amide bonds. The number of aliphatic hydroxyl groups is 1. The zero-order valence-electron chi connectivity index (χ0n) is 16.5. The van der Waals surface area contributed by atoms with E-state index in [1.807, 2.05) is 60.7 Å². The summed E-state index contributed by atoms with van der Waals surface area (Å²) >= 11 is 0. The van der Waals surface area contributed by atoms with E-state index in [-0.39, 0.29) is 13.2 Å². The number of rotatable bonds is 8. The molecule has 0 aliphatic carbocycles. The molecule has 29 heavy (non-hydrogen) atoms. The summed E-state index contributed by atoms with van der Waals surface area (Å²) in [6.45, 7) is 0.431. The van der Waals surface area contributed by atoms with Crippen molar-refractivity contribution in [3.05, 3.63) is 66.7 Å². The van der Waals surface area contributed by atoms with Crippen LogP contribution in [0.25, 0.3) is 21.8 Å². The number of hydrogen-bond donors (Lipinski definition) is 2. The van der Waals surface area contributed by atoms with E-state index in [1.165, 1.54) is 0 Å². The smallest absolute Gasteiger partial charge is 0.189 e. The van der Waals surface area contributed by atoms with Crippen LogP contribution >= 0.6 is 0 Å². The van der Waals surface area contributed by atoms with Crippen molar-refractivity contribution in [1.82, 2.24) is 10.0 Å². The normalized spacial score (nSPS) is 12.4. The number of ether oxygens (including phenoxy) is 2. The second-order valence-corrected chi connectivity index (χ2v) is 6.87. The number of para-hydroxylation sites is 3. The van der Waals surface area contributed by atoms with Gasteiger partial charge in [0, 0.05) is 23.3 Å². The highest BCUT2D eigenvalue weighted by Gasteiger charge is 2.15. The predicted octanol–water partition coefficient (Wildman–Crippen LogP) is 4.00. The van der Waals surface area contributed by atoms with Gasteiger partial charge in [-0.25, -0.2) is 0 Å². The lowest BCUT2D eigenvalue weighted by Gasteiger charge is -2.22. The molecule has 0 radical (unpaired) electrons. The van der Waals surface area contributed by atoms with Gasteiger partial charge >= 0.3 is 0 Å². The fourth-order valence-corrected chi connectivity index (χ4v) is 3.42. The van der Waals surface area contributed by atoms with Crippen LogP contribution in [0.4, 0.5) is 0 Å². The van der Waals surface area contributed by atoms with E-state index < -0.39 is 6.10 Å². The van der Waals surface area contributed by atoms with E-state index in [0.29, 0.717) is 11.5 Å². The van der Waals surface area contributed by atoms with Crippen LogP contribution in [0.15, 0.2) is 66.7 Å². The number of benzene rings is 3. The molecule has 4 aromatic rings. The first-order chi connectivity index (χ1) is 14.2. The highest BCUT2D eigenvalue weighted by Crippen LogP contribution is 2.33. The van der Waals surface area contributed by atoms with Gasteiger partial charge in [0.05, 0.1) is 19.2 Å². The molecule has 3 aromatic carbocycles. The third-order valence-electron chi connectivity index (χ3n) is 4.71. The summed E-state index contributed by atoms with van der Waals surface area (Å²) in [5.41, 5.74) is 2.07. The largest absolute Gasteiger partial charge is 0.493 e. The summed E-state index contributed by atoms with van der Waals surface area (Å²) in [7, 11) is 3.35. The standard InChI is InChI=1S/C23H24N2O4/c1-25(29-21-12-6-5-11-20(21)27-2)14-16(26)15-28-22-13-7-10-19-23(22)17-8-3-4-9-18(17)24-19/h3-13,16,24,26H,14-15H2,1-2H3. The van der Waals surface area contributed by atoms with E-state index in [9.17, 15) is 5.11 Å². The molecule has 4 rings (SSSR count). The average molecular weight is 392 g/mol. The molecule has 0 aliphatic rings. The Morgan fingerprint density at radius 2 is 1.59 bits per heavy atom. The molecule has 0 saturated carbocycles. The molecule has 6 nitrogen and oxygen atoms in total. The van der Waals surface area contributed by atoms with Crippen molar-refractivity contribution in [3.63, 3.8) is 0 Å². The van der Waals surface area contributed by atoms with Crippen LogP contribution in [0.2, 0.25) is 0 Å².